The van der Waals surface area contributed by atoms with E-state index in [0.29, 0.717) is 9.47 Å². The number of benzene rings is 1. The lowest BCUT2D eigenvalue weighted by atomic mass is 10.3. The van der Waals surface area contributed by atoms with Gasteiger partial charge in [0.25, 0.3) is 0 Å². The Balaban J connectivity index is 1.64. The number of aliphatic hydroxyl groups is 1. The zero-order chi connectivity index (χ0) is 16.4. The fraction of sp³-hybridized carbons (Fsp3) is 0.385. The second-order valence-corrected chi connectivity index (χ2v) is 9.64. The van der Waals surface area contributed by atoms with E-state index in [1.54, 1.807) is 7.11 Å². The Morgan fingerprint density at radius 1 is 1.30 bits per heavy atom. The molecule has 1 aromatic carbocycles. The highest BCUT2D eigenvalue weighted by Crippen LogP contribution is 2.35. The Morgan fingerprint density at radius 3 is 2.65 bits per heavy atom. The number of nitrogens with one attached hydrogen (secondary N) is 1. The monoisotopic (exact) mass is 373 g/mol. The molecule has 0 saturated carbocycles. The van der Waals surface area contributed by atoms with E-state index in [9.17, 15) is 13.5 Å². The Bertz CT molecular complexity index is 776. The molecule has 0 amide bonds. The molecule has 0 aliphatic carbocycles. The van der Waals surface area contributed by atoms with Crippen molar-refractivity contribution in [2.45, 2.75) is 15.7 Å². The highest BCUT2D eigenvalue weighted by Gasteiger charge is 2.37. The van der Waals surface area contributed by atoms with Gasteiger partial charge in [0.15, 0.2) is 14.2 Å². The molecular weight excluding hydrogens is 358 g/mol. The number of sulfone groups is 1. The standard InChI is InChI=1S/C13H15N3O4S3/c1-20-9-4-2-8(3-5-9)14-12-15-16-13(22-12)21-11-7-23(18,19)6-10(11)17/h2-5,10-11,17H,6-7H2,1H3,(H,14,15)/t10-,11+/m0/s1. The summed E-state index contributed by atoms with van der Waals surface area (Å²) in [5.41, 5.74) is 0.849. The first-order chi connectivity index (χ1) is 10.9. The van der Waals surface area contributed by atoms with E-state index in [1.165, 1.54) is 23.1 Å². The predicted octanol–water partition coefficient (Wildman–Crippen LogP) is 1.54. The first-order valence-corrected chi connectivity index (χ1v) is 10.3. The molecule has 2 atom stereocenters. The third-order valence-electron chi connectivity index (χ3n) is 3.27. The van der Waals surface area contributed by atoms with Gasteiger partial charge in [-0.25, -0.2) is 8.42 Å². The average molecular weight is 373 g/mol. The third kappa shape index (κ3) is 4.14. The van der Waals surface area contributed by atoms with Crippen molar-refractivity contribution in [3.8, 4) is 5.75 Å². The van der Waals surface area contributed by atoms with Crippen LogP contribution in [0, 0.1) is 0 Å². The van der Waals surface area contributed by atoms with Crippen molar-refractivity contribution in [1.29, 1.82) is 0 Å². The number of rotatable bonds is 5. The van der Waals surface area contributed by atoms with E-state index in [2.05, 4.69) is 15.5 Å². The van der Waals surface area contributed by atoms with Crippen LogP contribution in [0.25, 0.3) is 0 Å². The lowest BCUT2D eigenvalue weighted by Gasteiger charge is -2.08. The van der Waals surface area contributed by atoms with Crippen molar-refractivity contribution in [3.05, 3.63) is 24.3 Å². The lowest BCUT2D eigenvalue weighted by molar-refractivity contribution is 0.207. The van der Waals surface area contributed by atoms with Gasteiger partial charge in [0, 0.05) is 5.69 Å². The van der Waals surface area contributed by atoms with Gasteiger partial charge in [-0.2, -0.15) is 0 Å². The minimum absolute atomic E-state index is 0.0281. The molecule has 1 fully saturated rings. The minimum atomic E-state index is -3.16. The molecule has 7 nitrogen and oxygen atoms in total. The summed E-state index contributed by atoms with van der Waals surface area (Å²) in [7, 11) is -1.55. The highest BCUT2D eigenvalue weighted by molar-refractivity contribution is 8.03. The van der Waals surface area contributed by atoms with Crippen molar-refractivity contribution >= 4 is 43.8 Å². The molecule has 3 rings (SSSR count). The van der Waals surface area contributed by atoms with Gasteiger partial charge in [0.1, 0.15) is 5.75 Å². The van der Waals surface area contributed by atoms with Crippen molar-refractivity contribution in [3.63, 3.8) is 0 Å². The maximum Gasteiger partial charge on any atom is 0.210 e. The van der Waals surface area contributed by atoms with Crippen LogP contribution >= 0.6 is 23.1 Å². The zero-order valence-electron chi connectivity index (χ0n) is 12.2. The van der Waals surface area contributed by atoms with Gasteiger partial charge in [-0.1, -0.05) is 23.1 Å². The molecule has 0 radical (unpaired) electrons. The normalized spacial score (nSPS) is 22.9. The number of methoxy groups -OCH3 is 1. The van der Waals surface area contributed by atoms with Crippen LogP contribution in [0.3, 0.4) is 0 Å². The van der Waals surface area contributed by atoms with Crippen LogP contribution in [0.15, 0.2) is 28.6 Å². The van der Waals surface area contributed by atoms with Gasteiger partial charge >= 0.3 is 0 Å². The summed E-state index contributed by atoms with van der Waals surface area (Å²) in [4.78, 5) is 0. The third-order valence-corrected chi connectivity index (χ3v) is 7.44. The maximum absolute atomic E-state index is 11.5. The summed E-state index contributed by atoms with van der Waals surface area (Å²) in [6.07, 6.45) is -0.855. The SMILES string of the molecule is COc1ccc(Nc2nnc(S[C@@H]3CS(=O)(=O)C[C@@H]3O)s2)cc1. The molecule has 0 unspecified atom stereocenters. The van der Waals surface area contributed by atoms with Crippen LogP contribution in [0.5, 0.6) is 5.75 Å². The summed E-state index contributed by atoms with van der Waals surface area (Å²) < 4.78 is 28.7. The molecule has 2 aromatic rings. The Kier molecular flexibility index (Phi) is 4.76. The van der Waals surface area contributed by atoms with Gasteiger partial charge < -0.3 is 15.2 Å². The second-order valence-electron chi connectivity index (χ2n) is 5.03. The average Bonchev–Trinajstić information content (AvgIpc) is 3.04. The van der Waals surface area contributed by atoms with E-state index < -0.39 is 15.9 Å². The quantitative estimate of drug-likeness (QED) is 0.814. The number of hydrogen-bond donors (Lipinski definition) is 2. The molecule has 2 N–H and O–H groups in total. The van der Waals surface area contributed by atoms with Crippen molar-refractivity contribution in [1.82, 2.24) is 10.2 Å². The van der Waals surface area contributed by atoms with Crippen LogP contribution in [0.2, 0.25) is 0 Å². The number of ether oxygens (including phenoxy) is 1. The molecule has 1 aliphatic heterocycles. The van der Waals surface area contributed by atoms with Crippen molar-refractivity contribution in [2.24, 2.45) is 0 Å². The minimum Gasteiger partial charge on any atom is -0.497 e. The largest absolute Gasteiger partial charge is 0.497 e. The van der Waals surface area contributed by atoms with E-state index in [1.807, 2.05) is 24.3 Å². The smallest absolute Gasteiger partial charge is 0.210 e. The first kappa shape index (κ1) is 16.5. The van der Waals surface area contributed by atoms with E-state index in [-0.39, 0.29) is 16.8 Å². The summed E-state index contributed by atoms with van der Waals surface area (Å²) in [6.45, 7) is 0. The number of aromatic nitrogens is 2. The number of hydrogen-bond acceptors (Lipinski definition) is 9. The Labute approximate surface area is 142 Å². The lowest BCUT2D eigenvalue weighted by Crippen LogP contribution is -2.19. The summed E-state index contributed by atoms with van der Waals surface area (Å²) in [5.74, 6) is 0.556. The molecule has 2 heterocycles. The molecule has 0 bridgehead atoms. The van der Waals surface area contributed by atoms with Gasteiger partial charge in [-0.15, -0.1) is 10.2 Å². The zero-order valence-corrected chi connectivity index (χ0v) is 14.6. The topological polar surface area (TPSA) is 101 Å². The molecule has 1 aromatic heterocycles. The van der Waals surface area contributed by atoms with Crippen LogP contribution in [0.1, 0.15) is 0 Å². The van der Waals surface area contributed by atoms with Crippen LogP contribution in [0.4, 0.5) is 10.8 Å². The number of thioether (sulfide) groups is 1. The molecule has 23 heavy (non-hydrogen) atoms. The van der Waals surface area contributed by atoms with Crippen molar-refractivity contribution in [2.75, 3.05) is 23.9 Å². The second kappa shape index (κ2) is 6.63. The number of anilines is 2. The number of nitrogens with zero attached hydrogens (tertiary/aromatic N) is 2. The van der Waals surface area contributed by atoms with E-state index in [0.717, 1.165) is 11.4 Å². The maximum atomic E-state index is 11.5. The fourth-order valence-corrected chi connectivity index (χ4v) is 6.67. The molecule has 1 aliphatic rings. The molecule has 1 saturated heterocycles. The Hall–Kier alpha value is -1.36. The summed E-state index contributed by atoms with van der Waals surface area (Å²) in [6, 6.07) is 7.39. The molecule has 10 heteroatoms. The summed E-state index contributed by atoms with van der Waals surface area (Å²) >= 11 is 2.57. The van der Waals surface area contributed by atoms with Gasteiger partial charge in [-0.3, -0.25) is 0 Å². The van der Waals surface area contributed by atoms with Gasteiger partial charge in [0.05, 0.1) is 30.0 Å². The Morgan fingerprint density at radius 2 is 2.04 bits per heavy atom. The van der Waals surface area contributed by atoms with Crippen LogP contribution in [-0.4, -0.2) is 53.7 Å². The van der Waals surface area contributed by atoms with Gasteiger partial charge in [-0.05, 0) is 24.3 Å². The van der Waals surface area contributed by atoms with Gasteiger partial charge in [0.2, 0.25) is 5.13 Å². The predicted molar refractivity (Wildman–Crippen MR) is 90.5 cm³/mol. The highest BCUT2D eigenvalue weighted by atomic mass is 32.2. The molecule has 0 spiro atoms. The van der Waals surface area contributed by atoms with Crippen molar-refractivity contribution < 1.29 is 18.3 Å². The van der Waals surface area contributed by atoms with Crippen LogP contribution in [-0.2, 0) is 9.84 Å². The summed E-state index contributed by atoms with van der Waals surface area (Å²) in [5, 5.41) is 21.2. The molecule has 124 valence electrons. The van der Waals surface area contributed by atoms with Crippen LogP contribution < -0.4 is 10.1 Å². The number of aliphatic hydroxyl groups excluding tert-OH is 1. The fourth-order valence-electron chi connectivity index (χ4n) is 2.14. The first-order valence-electron chi connectivity index (χ1n) is 6.75. The molecular formula is C13H15N3O4S3. The van der Waals surface area contributed by atoms with E-state index in [4.69, 9.17) is 4.74 Å². The van der Waals surface area contributed by atoms with E-state index >= 15 is 0 Å².